The minimum absolute atomic E-state index is 0. The summed E-state index contributed by atoms with van der Waals surface area (Å²) in [4.78, 5) is 0. The second-order valence-electron chi connectivity index (χ2n) is 3.06. The summed E-state index contributed by atoms with van der Waals surface area (Å²) in [6, 6.07) is 2.35. The van der Waals surface area contributed by atoms with Gasteiger partial charge in [-0.05, 0) is 12.1 Å². The van der Waals surface area contributed by atoms with Gasteiger partial charge in [0.2, 0.25) is 0 Å². The van der Waals surface area contributed by atoms with Crippen LogP contribution in [0.2, 0.25) is 0 Å². The molecule has 0 heterocycles. The van der Waals surface area contributed by atoms with Crippen LogP contribution in [0.25, 0.3) is 0 Å². The van der Waals surface area contributed by atoms with Crippen molar-refractivity contribution < 1.29 is 84.3 Å². The fourth-order valence-corrected chi connectivity index (χ4v) is 1.12. The minimum Gasteiger partial charge on any atom is -1.00 e. The first-order chi connectivity index (χ1) is 7.19. The fraction of sp³-hybridized carbons (Fsp3) is 0.333. The van der Waals surface area contributed by atoms with Gasteiger partial charge in [0.05, 0.1) is 0 Å². The van der Waals surface area contributed by atoms with Crippen molar-refractivity contribution in [3.8, 4) is 5.75 Å². The van der Waals surface area contributed by atoms with E-state index < -0.39 is 29.6 Å². The van der Waals surface area contributed by atoms with Crippen LogP contribution in [0.3, 0.4) is 0 Å². The number of alkyl halides is 6. The molecule has 0 saturated heterocycles. The van der Waals surface area contributed by atoms with Gasteiger partial charge >= 0.3 is 57.6 Å². The van der Waals surface area contributed by atoms with E-state index in [0.717, 1.165) is 0 Å². The second kappa shape index (κ2) is 5.92. The fourth-order valence-electron chi connectivity index (χ4n) is 1.12. The molecular weight excluding hydrogens is 277 g/mol. The minimum atomic E-state index is -5.72. The Kier molecular flexibility index (Phi) is 6.00. The van der Waals surface area contributed by atoms with Gasteiger partial charge in [-0.15, -0.1) is 0 Å². The van der Waals surface area contributed by atoms with E-state index in [1.165, 1.54) is 0 Å². The maximum Gasteiger partial charge on any atom is 1.00 e. The van der Waals surface area contributed by atoms with Crippen molar-refractivity contribution >= 4 is 0 Å². The Morgan fingerprint density at radius 3 is 1.71 bits per heavy atom. The molecule has 0 radical (unpaired) electrons. The molecule has 1 atom stereocenters. The molecule has 1 aromatic carbocycles. The van der Waals surface area contributed by atoms with E-state index in [9.17, 15) is 26.3 Å². The van der Waals surface area contributed by atoms with Crippen molar-refractivity contribution in [2.24, 2.45) is 0 Å². The third kappa shape index (κ3) is 3.37. The van der Waals surface area contributed by atoms with Crippen LogP contribution in [0.4, 0.5) is 26.3 Å². The molecule has 0 bridgehead atoms. The average molecular weight is 284 g/mol. The van der Waals surface area contributed by atoms with Crippen LogP contribution in [0.15, 0.2) is 24.3 Å². The Balaban J connectivity index is 0. The molecule has 1 rings (SSSR count). The second-order valence-corrected chi connectivity index (χ2v) is 3.06. The van der Waals surface area contributed by atoms with E-state index in [-0.39, 0.29) is 52.8 Å². The third-order valence-corrected chi connectivity index (χ3v) is 2.00. The monoisotopic (exact) mass is 284 g/mol. The zero-order valence-corrected chi connectivity index (χ0v) is 11.7. The maximum absolute atomic E-state index is 13.3. The van der Waals surface area contributed by atoms with Gasteiger partial charge in [-0.25, -0.2) is 13.2 Å². The molecule has 0 fully saturated rings. The van der Waals surface area contributed by atoms with Crippen molar-refractivity contribution in [1.29, 1.82) is 0 Å². The third-order valence-electron chi connectivity index (χ3n) is 2.00. The van der Waals surface area contributed by atoms with Gasteiger partial charge in [0, 0.05) is 5.56 Å². The summed E-state index contributed by atoms with van der Waals surface area (Å²) >= 11 is 0. The first-order valence-corrected chi connectivity index (χ1v) is 4.03. The Morgan fingerprint density at radius 2 is 1.41 bits per heavy atom. The molecule has 0 aliphatic heterocycles. The van der Waals surface area contributed by atoms with Crippen molar-refractivity contribution in [3.05, 3.63) is 29.8 Å². The summed E-state index contributed by atoms with van der Waals surface area (Å²) in [5.41, 5.74) is -5.96. The Labute approximate surface area is 137 Å². The number of hydrogen-bond donors (Lipinski definition) is 1. The van der Waals surface area contributed by atoms with Crippen LogP contribution in [-0.4, -0.2) is 17.7 Å². The van der Waals surface area contributed by atoms with E-state index in [1.54, 1.807) is 0 Å². The molecule has 0 aliphatic carbocycles. The normalized spacial score (nSPS) is 15.2. The van der Waals surface area contributed by atoms with Crippen LogP contribution in [-0.2, 0) is 5.67 Å². The predicted molar refractivity (Wildman–Crippen MR) is 44.1 cm³/mol. The van der Waals surface area contributed by atoms with Crippen molar-refractivity contribution in [1.82, 2.24) is 0 Å². The number of aromatic hydroxyl groups is 1. The Morgan fingerprint density at radius 1 is 1.00 bits per heavy atom. The van der Waals surface area contributed by atoms with Crippen LogP contribution in [0.5, 0.6) is 5.75 Å². The zero-order chi connectivity index (χ0) is 12.6. The SMILES string of the molecule is Oc1ccc(C(F)(C(F)F)C(F)(F)F)cc1.[H-].[K+]. The number of phenolic OH excluding ortho intramolecular Hbond substituents is 1. The Hall–Kier alpha value is 0.236. The summed E-state index contributed by atoms with van der Waals surface area (Å²) < 4.78 is 74.4. The number of phenols is 1. The zero-order valence-electron chi connectivity index (χ0n) is 9.60. The number of benzene rings is 1. The maximum atomic E-state index is 13.3. The molecule has 92 valence electrons. The smallest absolute Gasteiger partial charge is 1.00 e. The molecule has 0 aliphatic rings. The van der Waals surface area contributed by atoms with E-state index in [2.05, 4.69) is 0 Å². The van der Waals surface area contributed by atoms with Crippen LogP contribution >= 0.6 is 0 Å². The molecular formula is C9H7F6KO. The summed E-state index contributed by atoms with van der Waals surface area (Å²) in [7, 11) is 0. The molecule has 1 aromatic rings. The van der Waals surface area contributed by atoms with Crippen LogP contribution in [0.1, 0.15) is 6.99 Å². The molecule has 1 nitrogen and oxygen atoms in total. The molecule has 8 heteroatoms. The van der Waals surface area contributed by atoms with Gasteiger partial charge in [0.15, 0.2) is 0 Å². The molecule has 0 spiro atoms. The van der Waals surface area contributed by atoms with Crippen molar-refractivity contribution in [2.45, 2.75) is 18.3 Å². The van der Waals surface area contributed by atoms with Crippen molar-refractivity contribution in [3.63, 3.8) is 0 Å². The van der Waals surface area contributed by atoms with E-state index in [0.29, 0.717) is 24.3 Å². The number of rotatable bonds is 2. The molecule has 0 aromatic heterocycles. The molecule has 1 unspecified atom stereocenters. The van der Waals surface area contributed by atoms with Gasteiger partial charge in [-0.2, -0.15) is 13.2 Å². The number of halogens is 6. The van der Waals surface area contributed by atoms with Gasteiger partial charge in [-0.3, -0.25) is 0 Å². The predicted octanol–water partition coefficient (Wildman–Crippen LogP) is 0.501. The van der Waals surface area contributed by atoms with Crippen molar-refractivity contribution in [2.75, 3.05) is 0 Å². The summed E-state index contributed by atoms with van der Waals surface area (Å²) in [5.74, 6) is -0.442. The van der Waals surface area contributed by atoms with E-state index >= 15 is 0 Å². The topological polar surface area (TPSA) is 20.2 Å². The molecule has 17 heavy (non-hydrogen) atoms. The summed E-state index contributed by atoms with van der Waals surface area (Å²) in [5, 5.41) is 8.77. The summed E-state index contributed by atoms with van der Waals surface area (Å²) in [6.45, 7) is 0. The van der Waals surface area contributed by atoms with Gasteiger partial charge in [-0.1, -0.05) is 12.1 Å². The average Bonchev–Trinajstić information content (AvgIpc) is 2.15. The first-order valence-electron chi connectivity index (χ1n) is 4.03. The van der Waals surface area contributed by atoms with Crippen LogP contribution in [0, 0.1) is 0 Å². The van der Waals surface area contributed by atoms with E-state index in [1.807, 2.05) is 0 Å². The van der Waals surface area contributed by atoms with Gasteiger partial charge in [0.25, 0.3) is 12.1 Å². The first kappa shape index (κ1) is 17.2. The van der Waals surface area contributed by atoms with Crippen LogP contribution < -0.4 is 51.4 Å². The molecule has 0 saturated carbocycles. The standard InChI is InChI=1S/C9H6F6O.K.H/c10-7(11)8(12,9(13,14)15)5-1-3-6(16)4-2-5;;/h1-4,7,16H;;/q;+1;-1. The van der Waals surface area contributed by atoms with E-state index in [4.69, 9.17) is 5.11 Å². The summed E-state index contributed by atoms with van der Waals surface area (Å²) in [6.07, 6.45) is -9.96. The molecule has 0 amide bonds. The number of hydrogen-bond acceptors (Lipinski definition) is 1. The Bertz CT molecular complexity index is 368. The molecule has 1 N–H and O–H groups in total. The largest absolute Gasteiger partial charge is 1.00 e. The van der Waals surface area contributed by atoms with Gasteiger partial charge in [0.1, 0.15) is 5.75 Å². The quantitative estimate of drug-likeness (QED) is 0.619. The van der Waals surface area contributed by atoms with Gasteiger partial charge < -0.3 is 6.53 Å².